The Labute approximate surface area is 149 Å². The molecule has 1 heterocycles. The van der Waals surface area contributed by atoms with Gasteiger partial charge in [0.1, 0.15) is 11.8 Å². The molecule has 1 atom stereocenters. The number of carbonyl (C=O) groups is 1. The SMILES string of the molecule is CC(C)COc1cccc2ccc(C(N3CCC(=O)N3)C(F)(F)F)cc12. The molecule has 1 aliphatic heterocycles. The molecule has 1 aliphatic rings. The monoisotopic (exact) mass is 366 g/mol. The quantitative estimate of drug-likeness (QED) is 0.862. The number of nitrogens with one attached hydrogen (secondary N) is 1. The van der Waals surface area contributed by atoms with E-state index < -0.39 is 18.1 Å². The van der Waals surface area contributed by atoms with Gasteiger partial charge in [0.2, 0.25) is 5.91 Å². The Bertz CT molecular complexity index is 805. The molecular weight excluding hydrogens is 345 g/mol. The predicted molar refractivity (Wildman–Crippen MR) is 92.5 cm³/mol. The van der Waals surface area contributed by atoms with Crippen LogP contribution in [0.25, 0.3) is 10.8 Å². The van der Waals surface area contributed by atoms with Crippen molar-refractivity contribution in [2.45, 2.75) is 32.5 Å². The first kappa shape index (κ1) is 18.5. The van der Waals surface area contributed by atoms with Gasteiger partial charge in [-0.2, -0.15) is 13.2 Å². The number of fused-ring (bicyclic) bond motifs is 1. The first-order valence-electron chi connectivity index (χ1n) is 8.54. The van der Waals surface area contributed by atoms with Crippen LogP contribution in [0.2, 0.25) is 0 Å². The molecule has 0 radical (unpaired) electrons. The average molecular weight is 366 g/mol. The Morgan fingerprint density at radius 1 is 1.23 bits per heavy atom. The molecule has 140 valence electrons. The molecule has 0 bridgehead atoms. The van der Waals surface area contributed by atoms with Gasteiger partial charge in [0.05, 0.1) is 6.61 Å². The van der Waals surface area contributed by atoms with Crippen LogP contribution in [0, 0.1) is 5.92 Å². The number of rotatable bonds is 5. The second kappa shape index (κ2) is 7.15. The van der Waals surface area contributed by atoms with Gasteiger partial charge in [-0.25, -0.2) is 5.01 Å². The molecule has 0 aromatic heterocycles. The lowest BCUT2D eigenvalue weighted by molar-refractivity contribution is -0.191. The Balaban J connectivity index is 2.02. The molecule has 1 amide bonds. The number of hydrogen-bond acceptors (Lipinski definition) is 3. The van der Waals surface area contributed by atoms with Crippen molar-refractivity contribution < 1.29 is 22.7 Å². The third-order valence-electron chi connectivity index (χ3n) is 4.22. The van der Waals surface area contributed by atoms with Crippen LogP contribution in [0.5, 0.6) is 5.75 Å². The number of carbonyl (C=O) groups excluding carboxylic acids is 1. The molecule has 1 unspecified atom stereocenters. The summed E-state index contributed by atoms with van der Waals surface area (Å²) in [7, 11) is 0. The standard InChI is InChI=1S/C19H21F3N2O2/c1-12(2)11-26-16-5-3-4-13-6-7-14(10-15(13)16)18(19(20,21)22)24-9-8-17(25)23-24/h3-7,10,12,18H,8-9,11H2,1-2H3,(H,23,25). The topological polar surface area (TPSA) is 41.6 Å². The van der Waals surface area contributed by atoms with E-state index in [2.05, 4.69) is 5.43 Å². The van der Waals surface area contributed by atoms with Gasteiger partial charge in [0.15, 0.2) is 0 Å². The Morgan fingerprint density at radius 2 is 2.00 bits per heavy atom. The van der Waals surface area contributed by atoms with Gasteiger partial charge in [-0.15, -0.1) is 0 Å². The zero-order chi connectivity index (χ0) is 18.9. The Morgan fingerprint density at radius 3 is 2.62 bits per heavy atom. The lowest BCUT2D eigenvalue weighted by Crippen LogP contribution is -2.43. The van der Waals surface area contributed by atoms with E-state index in [0.29, 0.717) is 23.7 Å². The van der Waals surface area contributed by atoms with Gasteiger partial charge in [0, 0.05) is 18.4 Å². The maximum absolute atomic E-state index is 13.7. The van der Waals surface area contributed by atoms with E-state index in [1.54, 1.807) is 12.1 Å². The summed E-state index contributed by atoms with van der Waals surface area (Å²) < 4.78 is 46.9. The highest BCUT2D eigenvalue weighted by molar-refractivity contribution is 5.89. The Hall–Kier alpha value is -2.28. The van der Waals surface area contributed by atoms with Gasteiger partial charge in [-0.3, -0.25) is 10.2 Å². The molecule has 7 heteroatoms. The first-order valence-corrected chi connectivity index (χ1v) is 8.54. The third-order valence-corrected chi connectivity index (χ3v) is 4.22. The largest absolute Gasteiger partial charge is 0.493 e. The zero-order valence-corrected chi connectivity index (χ0v) is 14.6. The summed E-state index contributed by atoms with van der Waals surface area (Å²) in [6.07, 6.45) is -4.46. The summed E-state index contributed by atoms with van der Waals surface area (Å²) in [5.41, 5.74) is 2.38. The maximum atomic E-state index is 13.7. The van der Waals surface area contributed by atoms with Crippen molar-refractivity contribution >= 4 is 16.7 Å². The molecule has 26 heavy (non-hydrogen) atoms. The molecule has 0 spiro atoms. The molecule has 1 saturated heterocycles. The number of nitrogens with zero attached hydrogens (tertiary/aromatic N) is 1. The van der Waals surface area contributed by atoms with Gasteiger partial charge < -0.3 is 4.74 Å². The van der Waals surface area contributed by atoms with Crippen LogP contribution in [-0.4, -0.2) is 30.2 Å². The van der Waals surface area contributed by atoms with Crippen molar-refractivity contribution in [1.29, 1.82) is 0 Å². The van der Waals surface area contributed by atoms with Crippen LogP contribution < -0.4 is 10.2 Å². The number of hydrazine groups is 1. The molecule has 3 rings (SSSR count). The van der Waals surface area contributed by atoms with E-state index in [4.69, 9.17) is 4.74 Å². The highest BCUT2D eigenvalue weighted by Crippen LogP contribution is 2.40. The van der Waals surface area contributed by atoms with E-state index >= 15 is 0 Å². The van der Waals surface area contributed by atoms with Crippen LogP contribution in [-0.2, 0) is 4.79 Å². The van der Waals surface area contributed by atoms with Gasteiger partial charge >= 0.3 is 6.18 Å². The van der Waals surface area contributed by atoms with Crippen molar-refractivity contribution in [2.75, 3.05) is 13.2 Å². The fourth-order valence-corrected chi connectivity index (χ4v) is 3.05. The number of alkyl halides is 3. The van der Waals surface area contributed by atoms with Crippen molar-refractivity contribution in [1.82, 2.24) is 10.4 Å². The van der Waals surface area contributed by atoms with Crippen molar-refractivity contribution in [3.05, 3.63) is 42.0 Å². The van der Waals surface area contributed by atoms with E-state index in [0.717, 1.165) is 10.4 Å². The number of halogens is 3. The summed E-state index contributed by atoms with van der Waals surface area (Å²) in [6, 6.07) is 8.14. The van der Waals surface area contributed by atoms with Crippen molar-refractivity contribution in [3.63, 3.8) is 0 Å². The lowest BCUT2D eigenvalue weighted by Gasteiger charge is -2.29. The highest BCUT2D eigenvalue weighted by atomic mass is 19.4. The number of hydrogen-bond donors (Lipinski definition) is 1. The normalized spacial score (nSPS) is 16.9. The fraction of sp³-hybridized carbons (Fsp3) is 0.421. The summed E-state index contributed by atoms with van der Waals surface area (Å²) in [5.74, 6) is 0.460. The minimum absolute atomic E-state index is 0.0204. The van der Waals surface area contributed by atoms with E-state index in [1.807, 2.05) is 26.0 Å². The molecular formula is C19H21F3N2O2. The third kappa shape index (κ3) is 3.93. The van der Waals surface area contributed by atoms with Crippen LogP contribution in [0.1, 0.15) is 31.9 Å². The van der Waals surface area contributed by atoms with E-state index in [9.17, 15) is 18.0 Å². The zero-order valence-electron chi connectivity index (χ0n) is 14.6. The maximum Gasteiger partial charge on any atom is 0.409 e. The lowest BCUT2D eigenvalue weighted by atomic mass is 10.0. The fourth-order valence-electron chi connectivity index (χ4n) is 3.05. The minimum atomic E-state index is -4.51. The molecule has 2 aromatic rings. The van der Waals surface area contributed by atoms with Gasteiger partial charge in [-0.1, -0.05) is 38.1 Å². The molecule has 1 fully saturated rings. The average Bonchev–Trinajstić information content (AvgIpc) is 2.97. The second-order valence-electron chi connectivity index (χ2n) is 6.86. The smallest absolute Gasteiger partial charge is 0.409 e. The number of amides is 1. The van der Waals surface area contributed by atoms with Crippen LogP contribution in [0.15, 0.2) is 36.4 Å². The summed E-state index contributed by atoms with van der Waals surface area (Å²) in [4.78, 5) is 11.4. The summed E-state index contributed by atoms with van der Waals surface area (Å²) >= 11 is 0. The number of benzene rings is 2. The molecule has 1 N–H and O–H groups in total. The van der Waals surface area contributed by atoms with Crippen LogP contribution in [0.3, 0.4) is 0 Å². The second-order valence-corrected chi connectivity index (χ2v) is 6.86. The van der Waals surface area contributed by atoms with E-state index in [-0.39, 0.29) is 18.5 Å². The van der Waals surface area contributed by atoms with Crippen LogP contribution >= 0.6 is 0 Å². The molecule has 0 aliphatic carbocycles. The van der Waals surface area contributed by atoms with Gasteiger partial charge in [0.25, 0.3) is 0 Å². The van der Waals surface area contributed by atoms with Crippen LogP contribution in [0.4, 0.5) is 13.2 Å². The predicted octanol–water partition coefficient (Wildman–Crippen LogP) is 4.21. The van der Waals surface area contributed by atoms with Crippen molar-refractivity contribution in [2.24, 2.45) is 5.92 Å². The van der Waals surface area contributed by atoms with Gasteiger partial charge in [-0.05, 0) is 29.0 Å². The summed E-state index contributed by atoms with van der Waals surface area (Å²) in [5, 5.41) is 2.40. The molecule has 0 saturated carbocycles. The summed E-state index contributed by atoms with van der Waals surface area (Å²) in [6.45, 7) is 4.51. The highest BCUT2D eigenvalue weighted by Gasteiger charge is 2.47. The minimum Gasteiger partial charge on any atom is -0.493 e. The molecule has 4 nitrogen and oxygen atoms in total. The Kier molecular flexibility index (Phi) is 5.09. The number of ether oxygens (including phenoxy) is 1. The van der Waals surface area contributed by atoms with Crippen molar-refractivity contribution in [3.8, 4) is 5.75 Å². The molecule has 2 aromatic carbocycles. The van der Waals surface area contributed by atoms with E-state index in [1.165, 1.54) is 12.1 Å². The first-order chi connectivity index (χ1) is 12.3.